The molecule has 94 valence electrons. The minimum absolute atomic E-state index is 0.0460. The van der Waals surface area contributed by atoms with Crippen LogP contribution < -0.4 is 0 Å². The van der Waals surface area contributed by atoms with Gasteiger partial charge in [-0.1, -0.05) is 26.0 Å². The molecule has 1 aromatic heterocycles. The molecule has 18 heavy (non-hydrogen) atoms. The van der Waals surface area contributed by atoms with Crippen molar-refractivity contribution in [2.24, 2.45) is 5.41 Å². The standard InChI is InChI=1S/C15H18N2O/c1-14(2)10-15(14,11-18)12-4-6-13(7-5-12)17-9-3-8-16-17/h3-9,18H,10-11H2,1-2H3. The molecule has 3 heteroatoms. The lowest BCUT2D eigenvalue weighted by atomic mass is 9.88. The average Bonchev–Trinajstić information content (AvgIpc) is 2.78. The predicted octanol–water partition coefficient (Wildman–Crippen LogP) is 2.53. The quantitative estimate of drug-likeness (QED) is 0.898. The molecule has 0 radical (unpaired) electrons. The highest BCUT2D eigenvalue weighted by Crippen LogP contribution is 2.63. The van der Waals surface area contributed by atoms with Gasteiger partial charge in [-0.25, -0.2) is 4.68 Å². The van der Waals surface area contributed by atoms with Crippen molar-refractivity contribution in [3.63, 3.8) is 0 Å². The lowest BCUT2D eigenvalue weighted by Crippen LogP contribution is -2.19. The zero-order valence-corrected chi connectivity index (χ0v) is 10.8. The summed E-state index contributed by atoms with van der Waals surface area (Å²) < 4.78 is 1.84. The van der Waals surface area contributed by atoms with Crippen molar-refractivity contribution < 1.29 is 5.11 Å². The minimum Gasteiger partial charge on any atom is -0.395 e. The van der Waals surface area contributed by atoms with Crippen molar-refractivity contribution in [3.05, 3.63) is 48.3 Å². The lowest BCUT2D eigenvalue weighted by molar-refractivity contribution is 0.231. The van der Waals surface area contributed by atoms with Gasteiger partial charge in [0, 0.05) is 17.8 Å². The van der Waals surface area contributed by atoms with Gasteiger partial charge in [0.2, 0.25) is 0 Å². The van der Waals surface area contributed by atoms with Crippen molar-refractivity contribution >= 4 is 0 Å². The van der Waals surface area contributed by atoms with Crippen LogP contribution in [-0.4, -0.2) is 21.5 Å². The topological polar surface area (TPSA) is 38.0 Å². The van der Waals surface area contributed by atoms with Crippen LogP contribution in [0.4, 0.5) is 0 Å². The average molecular weight is 242 g/mol. The highest BCUT2D eigenvalue weighted by atomic mass is 16.3. The number of benzene rings is 1. The van der Waals surface area contributed by atoms with Gasteiger partial charge in [0.05, 0.1) is 12.3 Å². The number of aliphatic hydroxyl groups is 1. The molecule has 0 aliphatic heterocycles. The summed E-state index contributed by atoms with van der Waals surface area (Å²) in [5, 5.41) is 13.9. The van der Waals surface area contributed by atoms with Crippen LogP contribution in [0.25, 0.3) is 5.69 Å². The Balaban J connectivity index is 1.93. The van der Waals surface area contributed by atoms with Gasteiger partial charge in [-0.3, -0.25) is 0 Å². The number of aromatic nitrogens is 2. The Morgan fingerprint density at radius 3 is 2.39 bits per heavy atom. The Morgan fingerprint density at radius 1 is 1.28 bits per heavy atom. The van der Waals surface area contributed by atoms with Crippen molar-refractivity contribution in [1.82, 2.24) is 9.78 Å². The highest BCUT2D eigenvalue weighted by Gasteiger charge is 2.61. The minimum atomic E-state index is -0.0460. The smallest absolute Gasteiger partial charge is 0.0645 e. The number of aliphatic hydroxyl groups excluding tert-OH is 1. The van der Waals surface area contributed by atoms with E-state index in [9.17, 15) is 5.11 Å². The third-order valence-corrected chi connectivity index (χ3v) is 4.37. The van der Waals surface area contributed by atoms with Gasteiger partial charge < -0.3 is 5.11 Å². The predicted molar refractivity (Wildman–Crippen MR) is 70.7 cm³/mol. The van der Waals surface area contributed by atoms with Crippen molar-refractivity contribution in [2.75, 3.05) is 6.61 Å². The molecule has 3 nitrogen and oxygen atoms in total. The van der Waals surface area contributed by atoms with E-state index < -0.39 is 0 Å². The molecule has 1 unspecified atom stereocenters. The van der Waals surface area contributed by atoms with Gasteiger partial charge in [-0.2, -0.15) is 5.10 Å². The number of nitrogens with zero attached hydrogens (tertiary/aromatic N) is 2. The summed E-state index contributed by atoms with van der Waals surface area (Å²) in [6, 6.07) is 10.3. The summed E-state index contributed by atoms with van der Waals surface area (Å²) in [5.74, 6) is 0. The van der Waals surface area contributed by atoms with Crippen molar-refractivity contribution in [3.8, 4) is 5.69 Å². The van der Waals surface area contributed by atoms with Gasteiger partial charge in [0.25, 0.3) is 0 Å². The largest absolute Gasteiger partial charge is 0.395 e. The summed E-state index contributed by atoms with van der Waals surface area (Å²) in [6.45, 7) is 4.65. The first-order valence-electron chi connectivity index (χ1n) is 6.30. The van der Waals surface area contributed by atoms with Gasteiger partial charge in [0.1, 0.15) is 0 Å². The fraction of sp³-hybridized carbons (Fsp3) is 0.400. The molecule has 1 heterocycles. The molecule has 0 spiro atoms. The monoisotopic (exact) mass is 242 g/mol. The maximum absolute atomic E-state index is 9.68. The van der Waals surface area contributed by atoms with E-state index in [2.05, 4.69) is 43.2 Å². The molecule has 3 rings (SSSR count). The Kier molecular flexibility index (Phi) is 2.35. The molecule has 1 N–H and O–H groups in total. The van der Waals surface area contributed by atoms with E-state index in [-0.39, 0.29) is 17.4 Å². The molecule has 1 aliphatic rings. The van der Waals surface area contributed by atoms with E-state index in [4.69, 9.17) is 0 Å². The Morgan fingerprint density at radius 2 is 1.94 bits per heavy atom. The fourth-order valence-electron chi connectivity index (χ4n) is 2.92. The summed E-state index contributed by atoms with van der Waals surface area (Å²) in [7, 11) is 0. The molecule has 2 aromatic rings. The molecule has 1 fully saturated rings. The second-order valence-electron chi connectivity index (χ2n) is 5.80. The van der Waals surface area contributed by atoms with Crippen LogP contribution >= 0.6 is 0 Å². The summed E-state index contributed by atoms with van der Waals surface area (Å²) in [6.07, 6.45) is 4.75. The second kappa shape index (κ2) is 3.69. The first-order chi connectivity index (χ1) is 8.59. The molecule has 1 saturated carbocycles. The number of rotatable bonds is 3. The van der Waals surface area contributed by atoms with E-state index >= 15 is 0 Å². The van der Waals surface area contributed by atoms with Crippen LogP contribution in [0.3, 0.4) is 0 Å². The first kappa shape index (κ1) is 11.5. The number of hydrogen-bond donors (Lipinski definition) is 1. The van der Waals surface area contributed by atoms with Crippen LogP contribution in [-0.2, 0) is 5.41 Å². The van der Waals surface area contributed by atoms with Gasteiger partial charge in [-0.05, 0) is 35.6 Å². The van der Waals surface area contributed by atoms with E-state index in [1.165, 1.54) is 5.56 Å². The van der Waals surface area contributed by atoms with E-state index in [1.807, 2.05) is 16.9 Å². The number of hydrogen-bond acceptors (Lipinski definition) is 2. The molecule has 1 aliphatic carbocycles. The molecular weight excluding hydrogens is 224 g/mol. The fourth-order valence-corrected chi connectivity index (χ4v) is 2.92. The molecule has 0 bridgehead atoms. The highest BCUT2D eigenvalue weighted by molar-refractivity contribution is 5.42. The van der Waals surface area contributed by atoms with Crippen molar-refractivity contribution in [1.29, 1.82) is 0 Å². The summed E-state index contributed by atoms with van der Waals surface area (Å²) in [5.41, 5.74) is 2.44. The van der Waals surface area contributed by atoms with Crippen LogP contribution in [0.1, 0.15) is 25.8 Å². The van der Waals surface area contributed by atoms with Gasteiger partial charge >= 0.3 is 0 Å². The van der Waals surface area contributed by atoms with Crippen LogP contribution in [0, 0.1) is 5.41 Å². The molecule has 1 aromatic carbocycles. The Labute approximate surface area is 107 Å². The maximum Gasteiger partial charge on any atom is 0.0645 e. The first-order valence-corrected chi connectivity index (χ1v) is 6.30. The molecule has 0 amide bonds. The van der Waals surface area contributed by atoms with E-state index in [0.717, 1.165) is 12.1 Å². The SMILES string of the molecule is CC1(C)CC1(CO)c1ccc(-n2cccn2)cc1. The van der Waals surface area contributed by atoms with Crippen molar-refractivity contribution in [2.45, 2.75) is 25.7 Å². The summed E-state index contributed by atoms with van der Waals surface area (Å²) in [4.78, 5) is 0. The molecular formula is C15H18N2O. The molecule has 0 saturated heterocycles. The van der Waals surface area contributed by atoms with Gasteiger partial charge in [-0.15, -0.1) is 0 Å². The third-order valence-electron chi connectivity index (χ3n) is 4.37. The lowest BCUT2D eigenvalue weighted by Gasteiger charge is -2.18. The van der Waals surface area contributed by atoms with Crippen LogP contribution in [0.2, 0.25) is 0 Å². The van der Waals surface area contributed by atoms with E-state index in [0.29, 0.717) is 0 Å². The molecule has 1 atom stereocenters. The Hall–Kier alpha value is -1.61. The van der Waals surface area contributed by atoms with E-state index in [1.54, 1.807) is 6.20 Å². The van der Waals surface area contributed by atoms with Gasteiger partial charge in [0.15, 0.2) is 0 Å². The normalized spacial score (nSPS) is 25.1. The van der Waals surface area contributed by atoms with Crippen LogP contribution in [0.5, 0.6) is 0 Å². The summed E-state index contributed by atoms with van der Waals surface area (Å²) >= 11 is 0. The van der Waals surface area contributed by atoms with Crippen LogP contribution in [0.15, 0.2) is 42.7 Å². The zero-order valence-electron chi connectivity index (χ0n) is 10.8. The second-order valence-corrected chi connectivity index (χ2v) is 5.80. The third kappa shape index (κ3) is 1.51. The Bertz CT molecular complexity index is 542. The zero-order chi connectivity index (χ0) is 12.8. The maximum atomic E-state index is 9.68.